The lowest BCUT2D eigenvalue weighted by Crippen LogP contribution is -2.41. The SMILES string of the molecule is CC(F)(F)F.CN(c1ccccc1N(C=O)Cc1ccc(-c2nnc(C(F)F)o2)cc1F)C1CCNCC1. The Labute approximate surface area is 215 Å². The third-order valence-corrected chi connectivity index (χ3v) is 5.82. The number of rotatable bonds is 8. The van der Waals surface area contributed by atoms with Gasteiger partial charge in [0, 0.05) is 31.1 Å². The number of anilines is 2. The number of piperidine rings is 1. The Morgan fingerprint density at radius 3 is 2.29 bits per heavy atom. The van der Waals surface area contributed by atoms with Crippen LogP contribution in [0.2, 0.25) is 0 Å². The summed E-state index contributed by atoms with van der Waals surface area (Å²) in [6.45, 7) is 2.06. The van der Waals surface area contributed by atoms with Crippen LogP contribution < -0.4 is 15.1 Å². The number of nitrogens with zero attached hydrogens (tertiary/aromatic N) is 4. The minimum Gasteiger partial charge on any atom is -0.415 e. The zero-order chi connectivity index (χ0) is 27.9. The van der Waals surface area contributed by atoms with Crippen LogP contribution in [0.1, 0.15) is 37.6 Å². The monoisotopic (exact) mass is 543 g/mol. The molecule has 0 saturated carbocycles. The van der Waals surface area contributed by atoms with E-state index >= 15 is 0 Å². The highest BCUT2D eigenvalue weighted by Crippen LogP contribution is 2.32. The van der Waals surface area contributed by atoms with Crippen molar-refractivity contribution in [2.24, 2.45) is 0 Å². The fourth-order valence-electron chi connectivity index (χ4n) is 4.01. The maximum atomic E-state index is 14.9. The Morgan fingerprint density at radius 2 is 1.74 bits per heavy atom. The average molecular weight is 544 g/mol. The Kier molecular flexibility index (Phi) is 9.72. The van der Waals surface area contributed by atoms with Crippen molar-refractivity contribution in [3.05, 3.63) is 59.7 Å². The largest absolute Gasteiger partial charge is 0.415 e. The Bertz CT molecular complexity index is 1190. The highest BCUT2D eigenvalue weighted by atomic mass is 19.4. The van der Waals surface area contributed by atoms with Gasteiger partial charge in [0.15, 0.2) is 0 Å². The molecule has 38 heavy (non-hydrogen) atoms. The molecular weight excluding hydrogens is 516 g/mol. The quantitative estimate of drug-likeness (QED) is 0.289. The van der Waals surface area contributed by atoms with E-state index in [1.165, 1.54) is 17.0 Å². The number of para-hydroxylation sites is 2. The first kappa shape index (κ1) is 29.0. The van der Waals surface area contributed by atoms with Crippen LogP contribution in [0.5, 0.6) is 0 Å². The zero-order valence-corrected chi connectivity index (χ0v) is 20.7. The van der Waals surface area contributed by atoms with Crippen molar-refractivity contribution < 1.29 is 35.6 Å². The van der Waals surface area contributed by atoms with Gasteiger partial charge in [-0.25, -0.2) is 4.39 Å². The zero-order valence-electron chi connectivity index (χ0n) is 20.7. The molecule has 0 unspecified atom stereocenters. The van der Waals surface area contributed by atoms with E-state index < -0.39 is 24.3 Å². The van der Waals surface area contributed by atoms with Crippen LogP contribution in [0.4, 0.5) is 37.7 Å². The third-order valence-electron chi connectivity index (χ3n) is 5.82. The molecule has 1 N–H and O–H groups in total. The Balaban J connectivity index is 0.000000732. The molecule has 0 atom stereocenters. The van der Waals surface area contributed by atoms with Crippen LogP contribution in [-0.4, -0.2) is 49.0 Å². The van der Waals surface area contributed by atoms with Gasteiger partial charge in [-0.2, -0.15) is 22.0 Å². The number of alkyl halides is 5. The summed E-state index contributed by atoms with van der Waals surface area (Å²) in [7, 11) is 2.01. The second-order valence-corrected chi connectivity index (χ2v) is 8.65. The number of nitrogens with one attached hydrogen (secondary N) is 1. The topological polar surface area (TPSA) is 74.5 Å². The van der Waals surface area contributed by atoms with Crippen molar-refractivity contribution in [1.29, 1.82) is 0 Å². The number of carbonyl (C=O) groups excluding carboxylic acids is 1. The molecule has 1 amide bonds. The van der Waals surface area contributed by atoms with Crippen molar-refractivity contribution >= 4 is 17.8 Å². The van der Waals surface area contributed by atoms with E-state index in [1.54, 1.807) is 0 Å². The molecule has 0 spiro atoms. The van der Waals surface area contributed by atoms with Crippen LogP contribution in [0.15, 0.2) is 46.9 Å². The minimum absolute atomic E-state index is 0.00118. The molecule has 13 heteroatoms. The van der Waals surface area contributed by atoms with Gasteiger partial charge >= 0.3 is 12.6 Å². The number of amides is 1. The van der Waals surface area contributed by atoms with E-state index in [0.29, 0.717) is 18.1 Å². The van der Waals surface area contributed by atoms with Crippen LogP contribution in [-0.2, 0) is 11.3 Å². The van der Waals surface area contributed by atoms with Gasteiger partial charge in [0.25, 0.3) is 5.89 Å². The summed E-state index contributed by atoms with van der Waals surface area (Å²) in [6, 6.07) is 12.0. The first-order chi connectivity index (χ1) is 18.0. The summed E-state index contributed by atoms with van der Waals surface area (Å²) in [4.78, 5) is 15.6. The van der Waals surface area contributed by atoms with Crippen molar-refractivity contribution in [2.75, 3.05) is 29.9 Å². The van der Waals surface area contributed by atoms with E-state index in [4.69, 9.17) is 4.42 Å². The molecule has 3 aromatic rings. The van der Waals surface area contributed by atoms with E-state index in [1.807, 2.05) is 31.3 Å². The summed E-state index contributed by atoms with van der Waals surface area (Å²) in [5.41, 5.74) is 2.01. The smallest absolute Gasteiger partial charge is 0.386 e. The molecule has 0 radical (unpaired) electrons. The molecule has 0 aliphatic carbocycles. The predicted octanol–water partition coefficient (Wildman–Crippen LogP) is 5.73. The van der Waals surface area contributed by atoms with Crippen molar-refractivity contribution in [2.45, 2.75) is 45.0 Å². The first-order valence-corrected chi connectivity index (χ1v) is 11.7. The molecule has 1 aliphatic rings. The second-order valence-electron chi connectivity index (χ2n) is 8.65. The van der Waals surface area contributed by atoms with Gasteiger partial charge in [-0.15, -0.1) is 10.2 Å². The van der Waals surface area contributed by atoms with E-state index in [2.05, 4.69) is 20.4 Å². The highest BCUT2D eigenvalue weighted by Gasteiger charge is 2.23. The number of halogens is 6. The van der Waals surface area contributed by atoms with Gasteiger partial charge in [-0.05, 0) is 50.2 Å². The summed E-state index contributed by atoms with van der Waals surface area (Å²) in [6.07, 6.45) is -4.25. The fourth-order valence-corrected chi connectivity index (χ4v) is 4.01. The van der Waals surface area contributed by atoms with Gasteiger partial charge in [0.1, 0.15) is 5.82 Å². The molecular formula is C25H27F6N5O2. The van der Waals surface area contributed by atoms with E-state index in [-0.39, 0.29) is 30.5 Å². The summed E-state index contributed by atoms with van der Waals surface area (Å²) in [5, 5.41) is 10.1. The molecule has 1 aromatic heterocycles. The second kappa shape index (κ2) is 12.8. The lowest BCUT2D eigenvalue weighted by Gasteiger charge is -2.35. The van der Waals surface area contributed by atoms with Gasteiger partial charge in [0.05, 0.1) is 17.9 Å². The summed E-state index contributed by atoms with van der Waals surface area (Å²) < 4.78 is 76.2. The normalized spacial score (nSPS) is 14.1. The Hall–Kier alpha value is -3.61. The van der Waals surface area contributed by atoms with Gasteiger partial charge < -0.3 is 19.5 Å². The lowest BCUT2D eigenvalue weighted by atomic mass is 10.0. The summed E-state index contributed by atoms with van der Waals surface area (Å²) >= 11 is 0. The first-order valence-electron chi connectivity index (χ1n) is 11.7. The van der Waals surface area contributed by atoms with E-state index in [0.717, 1.165) is 37.7 Å². The van der Waals surface area contributed by atoms with Crippen LogP contribution in [0.25, 0.3) is 11.5 Å². The number of aromatic nitrogens is 2. The molecule has 206 valence electrons. The number of benzene rings is 2. The highest BCUT2D eigenvalue weighted by molar-refractivity contribution is 5.84. The summed E-state index contributed by atoms with van der Waals surface area (Å²) in [5.74, 6) is -1.63. The van der Waals surface area contributed by atoms with Crippen LogP contribution >= 0.6 is 0 Å². The van der Waals surface area contributed by atoms with Gasteiger partial charge in [-0.3, -0.25) is 4.79 Å². The number of hydrogen-bond acceptors (Lipinski definition) is 6. The Morgan fingerprint density at radius 1 is 1.11 bits per heavy atom. The standard InChI is InChI=1S/C23H24F3N5O2.C2H3F3/c1-30(17-8-10-27-11-9-17)19-4-2-3-5-20(19)31(14-32)13-16-7-6-15(12-18(16)24)22-28-29-23(33-22)21(25)26;1-2(3,4)5/h2-7,12,14,17,21,27H,8-11,13H2,1H3;1H3. The molecule has 0 bridgehead atoms. The molecule has 4 rings (SSSR count). The number of hydrogen-bond donors (Lipinski definition) is 1. The molecule has 7 nitrogen and oxygen atoms in total. The third kappa shape index (κ3) is 7.94. The van der Waals surface area contributed by atoms with Gasteiger partial charge in [-0.1, -0.05) is 18.2 Å². The van der Waals surface area contributed by atoms with Crippen LogP contribution in [0.3, 0.4) is 0 Å². The fraction of sp³-hybridized carbons (Fsp3) is 0.400. The molecule has 2 aromatic carbocycles. The maximum absolute atomic E-state index is 14.9. The average Bonchev–Trinajstić information content (AvgIpc) is 3.38. The molecule has 1 fully saturated rings. The molecule has 1 saturated heterocycles. The van der Waals surface area contributed by atoms with Gasteiger partial charge in [0.2, 0.25) is 12.3 Å². The van der Waals surface area contributed by atoms with Crippen molar-refractivity contribution in [3.63, 3.8) is 0 Å². The lowest BCUT2D eigenvalue weighted by molar-refractivity contribution is -0.110. The molecule has 1 aliphatic heterocycles. The maximum Gasteiger partial charge on any atom is 0.386 e. The van der Waals surface area contributed by atoms with Crippen molar-refractivity contribution in [1.82, 2.24) is 15.5 Å². The van der Waals surface area contributed by atoms with E-state index in [9.17, 15) is 31.1 Å². The predicted molar refractivity (Wildman–Crippen MR) is 129 cm³/mol. The van der Waals surface area contributed by atoms with Crippen LogP contribution in [0, 0.1) is 5.82 Å². The minimum atomic E-state index is -4.00. The van der Waals surface area contributed by atoms with Crippen molar-refractivity contribution in [3.8, 4) is 11.5 Å². The number of carbonyl (C=O) groups is 1. The molecule has 2 heterocycles.